The largest absolute Gasteiger partial charge is 0.507 e. The molecule has 21 heavy (non-hydrogen) atoms. The molecule has 2 aromatic carbocycles. The molecule has 110 valence electrons. The number of carbonyl (C=O) groups is 1. The van der Waals surface area contributed by atoms with E-state index >= 15 is 0 Å². The molecule has 0 bridgehead atoms. The Labute approximate surface area is 123 Å². The number of amides is 1. The third kappa shape index (κ3) is 3.46. The molecule has 7 heteroatoms. The lowest BCUT2D eigenvalue weighted by Crippen LogP contribution is -2.13. The molecule has 0 saturated heterocycles. The van der Waals surface area contributed by atoms with Crippen molar-refractivity contribution in [3.05, 3.63) is 58.6 Å². The second-order valence-electron chi connectivity index (χ2n) is 4.16. The van der Waals surface area contributed by atoms with E-state index in [0.717, 1.165) is 12.1 Å². The number of phenolic OH excluding ortho intramolecular Hbond substituents is 1. The van der Waals surface area contributed by atoms with Gasteiger partial charge in [-0.3, -0.25) is 4.79 Å². The maximum atomic E-state index is 12.7. The van der Waals surface area contributed by atoms with Crippen LogP contribution in [-0.2, 0) is 6.18 Å². The Hall–Kier alpha value is -2.21. The average Bonchev–Trinajstić information content (AvgIpc) is 2.40. The number of rotatable bonds is 2. The summed E-state index contributed by atoms with van der Waals surface area (Å²) >= 11 is 5.49. The minimum atomic E-state index is -4.62. The molecule has 0 unspecified atom stereocenters. The summed E-state index contributed by atoms with van der Waals surface area (Å²) in [5, 5.41) is 11.4. The highest BCUT2D eigenvalue weighted by Crippen LogP contribution is 2.36. The Bertz CT molecular complexity index is 686. The molecule has 2 N–H and O–H groups in total. The van der Waals surface area contributed by atoms with E-state index in [4.69, 9.17) is 11.6 Å². The van der Waals surface area contributed by atoms with Crippen LogP contribution in [0.25, 0.3) is 0 Å². The number of carbonyl (C=O) groups excluding carboxylic acids is 1. The molecule has 0 aliphatic heterocycles. The van der Waals surface area contributed by atoms with Crippen LogP contribution in [0, 0.1) is 0 Å². The molecule has 3 nitrogen and oxygen atoms in total. The van der Waals surface area contributed by atoms with Crippen molar-refractivity contribution in [1.82, 2.24) is 0 Å². The normalized spacial score (nSPS) is 11.2. The van der Waals surface area contributed by atoms with Gasteiger partial charge in [-0.15, -0.1) is 0 Å². The van der Waals surface area contributed by atoms with Gasteiger partial charge in [0.15, 0.2) is 0 Å². The average molecular weight is 316 g/mol. The van der Waals surface area contributed by atoms with Crippen molar-refractivity contribution in [3.8, 4) is 5.75 Å². The molecule has 0 radical (unpaired) electrons. The van der Waals surface area contributed by atoms with Crippen molar-refractivity contribution in [2.24, 2.45) is 0 Å². The van der Waals surface area contributed by atoms with Crippen LogP contribution in [0.3, 0.4) is 0 Å². The predicted molar refractivity (Wildman–Crippen MR) is 72.5 cm³/mol. The Morgan fingerprint density at radius 3 is 2.43 bits per heavy atom. The van der Waals surface area contributed by atoms with Crippen LogP contribution < -0.4 is 5.32 Å². The fourth-order valence-electron chi connectivity index (χ4n) is 1.68. The van der Waals surface area contributed by atoms with E-state index in [1.54, 1.807) is 0 Å². The van der Waals surface area contributed by atoms with Crippen LogP contribution in [0.1, 0.15) is 15.9 Å². The van der Waals surface area contributed by atoms with Gasteiger partial charge in [0, 0.05) is 5.69 Å². The van der Waals surface area contributed by atoms with E-state index in [0.29, 0.717) is 0 Å². The van der Waals surface area contributed by atoms with E-state index in [1.165, 1.54) is 30.3 Å². The first-order valence-corrected chi connectivity index (χ1v) is 6.13. The summed E-state index contributed by atoms with van der Waals surface area (Å²) < 4.78 is 38.1. The first kappa shape index (κ1) is 15.2. The van der Waals surface area contributed by atoms with E-state index < -0.39 is 22.7 Å². The van der Waals surface area contributed by atoms with Crippen LogP contribution in [0.15, 0.2) is 42.5 Å². The fraction of sp³-hybridized carbons (Fsp3) is 0.0714. The molecule has 0 fully saturated rings. The number of phenols is 1. The van der Waals surface area contributed by atoms with E-state index in [2.05, 4.69) is 5.32 Å². The number of hydrogen-bond donors (Lipinski definition) is 2. The molecule has 1 amide bonds. The lowest BCUT2D eigenvalue weighted by molar-refractivity contribution is -0.137. The summed E-state index contributed by atoms with van der Waals surface area (Å²) in [7, 11) is 0. The molecule has 0 aliphatic rings. The predicted octanol–water partition coefficient (Wildman–Crippen LogP) is 4.32. The summed E-state index contributed by atoms with van der Waals surface area (Å²) in [5.74, 6) is -0.983. The van der Waals surface area contributed by atoms with Crippen LogP contribution in [0.5, 0.6) is 5.75 Å². The van der Waals surface area contributed by atoms with Gasteiger partial charge < -0.3 is 10.4 Å². The monoisotopic (exact) mass is 315 g/mol. The number of halogens is 4. The van der Waals surface area contributed by atoms with E-state index in [-0.39, 0.29) is 17.0 Å². The van der Waals surface area contributed by atoms with Gasteiger partial charge in [-0.25, -0.2) is 0 Å². The zero-order valence-corrected chi connectivity index (χ0v) is 11.2. The zero-order valence-electron chi connectivity index (χ0n) is 10.4. The van der Waals surface area contributed by atoms with Gasteiger partial charge in [0.05, 0.1) is 16.1 Å². The van der Waals surface area contributed by atoms with Gasteiger partial charge in [-0.05, 0) is 30.3 Å². The Morgan fingerprint density at radius 1 is 1.14 bits per heavy atom. The molecule has 0 heterocycles. The van der Waals surface area contributed by atoms with Crippen LogP contribution >= 0.6 is 11.6 Å². The number of para-hydroxylation sites is 1. The van der Waals surface area contributed by atoms with Crippen LogP contribution in [0.2, 0.25) is 5.02 Å². The highest BCUT2D eigenvalue weighted by atomic mass is 35.5. The lowest BCUT2D eigenvalue weighted by atomic mass is 10.1. The Morgan fingerprint density at radius 2 is 1.81 bits per heavy atom. The van der Waals surface area contributed by atoms with E-state index in [1.807, 2.05) is 0 Å². The number of hydrogen-bond acceptors (Lipinski definition) is 2. The number of benzene rings is 2. The minimum absolute atomic E-state index is 0.0407. The van der Waals surface area contributed by atoms with Gasteiger partial charge in [-0.1, -0.05) is 23.7 Å². The number of aromatic hydroxyl groups is 1. The lowest BCUT2D eigenvalue weighted by Gasteiger charge is -2.12. The van der Waals surface area contributed by atoms with Gasteiger partial charge in [0.1, 0.15) is 5.75 Å². The third-order valence-corrected chi connectivity index (χ3v) is 3.01. The maximum absolute atomic E-state index is 12.7. The number of nitrogens with one attached hydrogen (secondary N) is 1. The van der Waals surface area contributed by atoms with Crippen LogP contribution in [-0.4, -0.2) is 11.0 Å². The summed E-state index contributed by atoms with van der Waals surface area (Å²) in [6, 6.07) is 8.73. The van der Waals surface area contributed by atoms with Crippen molar-refractivity contribution < 1.29 is 23.1 Å². The molecule has 0 aliphatic carbocycles. The Kier molecular flexibility index (Phi) is 4.09. The standard InChI is InChI=1S/C14H9ClF3NO2/c15-11-6-5-8(7-10(11)14(16,17)18)19-13(21)9-3-1-2-4-12(9)20/h1-7,20H,(H,19,21). The second kappa shape index (κ2) is 5.65. The molecule has 2 rings (SSSR count). The summed E-state index contributed by atoms with van der Waals surface area (Å²) in [6.07, 6.45) is -4.62. The molecular weight excluding hydrogens is 307 g/mol. The molecule has 2 aromatic rings. The number of alkyl halides is 3. The fourth-order valence-corrected chi connectivity index (χ4v) is 1.91. The highest BCUT2D eigenvalue weighted by Gasteiger charge is 2.33. The van der Waals surface area contributed by atoms with Gasteiger partial charge >= 0.3 is 6.18 Å². The van der Waals surface area contributed by atoms with Crippen molar-refractivity contribution in [3.63, 3.8) is 0 Å². The zero-order chi connectivity index (χ0) is 15.6. The van der Waals surface area contributed by atoms with Gasteiger partial charge in [0.25, 0.3) is 5.91 Å². The molecule has 0 atom stereocenters. The Balaban J connectivity index is 2.29. The first-order chi connectivity index (χ1) is 9.79. The van der Waals surface area contributed by atoms with Crippen molar-refractivity contribution in [2.75, 3.05) is 5.32 Å². The quantitative estimate of drug-likeness (QED) is 0.867. The first-order valence-electron chi connectivity index (χ1n) is 5.75. The molecule has 0 spiro atoms. The highest BCUT2D eigenvalue weighted by molar-refractivity contribution is 6.31. The number of anilines is 1. The van der Waals surface area contributed by atoms with Gasteiger partial charge in [0.2, 0.25) is 0 Å². The van der Waals surface area contributed by atoms with Crippen molar-refractivity contribution in [1.29, 1.82) is 0 Å². The SMILES string of the molecule is O=C(Nc1ccc(Cl)c(C(F)(F)F)c1)c1ccccc1O. The topological polar surface area (TPSA) is 49.3 Å². The van der Waals surface area contributed by atoms with Crippen molar-refractivity contribution >= 4 is 23.2 Å². The third-order valence-electron chi connectivity index (χ3n) is 2.68. The maximum Gasteiger partial charge on any atom is 0.417 e. The molecular formula is C14H9ClF3NO2. The van der Waals surface area contributed by atoms with E-state index in [9.17, 15) is 23.1 Å². The summed E-state index contributed by atoms with van der Waals surface area (Å²) in [6.45, 7) is 0. The molecule has 0 saturated carbocycles. The smallest absolute Gasteiger partial charge is 0.417 e. The van der Waals surface area contributed by atoms with Crippen LogP contribution in [0.4, 0.5) is 18.9 Å². The summed E-state index contributed by atoms with van der Waals surface area (Å²) in [5.41, 5.74) is -1.15. The second-order valence-corrected chi connectivity index (χ2v) is 4.57. The van der Waals surface area contributed by atoms with Crippen molar-refractivity contribution in [2.45, 2.75) is 6.18 Å². The summed E-state index contributed by atoms with van der Waals surface area (Å²) in [4.78, 5) is 11.9. The molecule has 0 aromatic heterocycles. The minimum Gasteiger partial charge on any atom is -0.507 e. The van der Waals surface area contributed by atoms with Gasteiger partial charge in [-0.2, -0.15) is 13.2 Å².